The summed E-state index contributed by atoms with van der Waals surface area (Å²) >= 11 is 6.32. The summed E-state index contributed by atoms with van der Waals surface area (Å²) in [6.07, 6.45) is 1.59. The smallest absolute Gasteiger partial charge is 0.242 e. The molecule has 1 atom stereocenters. The van der Waals surface area contributed by atoms with E-state index in [9.17, 15) is 9.59 Å². The van der Waals surface area contributed by atoms with Crippen molar-refractivity contribution in [1.82, 2.24) is 5.32 Å². The van der Waals surface area contributed by atoms with Crippen molar-refractivity contribution in [2.24, 2.45) is 0 Å². The van der Waals surface area contributed by atoms with Crippen molar-refractivity contribution < 1.29 is 9.59 Å². The second-order valence-electron chi connectivity index (χ2n) is 6.00. The van der Waals surface area contributed by atoms with Crippen LogP contribution in [0.15, 0.2) is 18.2 Å². The van der Waals surface area contributed by atoms with Gasteiger partial charge in [0.25, 0.3) is 0 Å². The Kier molecular flexibility index (Phi) is 6.21. The molecule has 1 aromatic rings. The molecular weight excluding hydrogens is 288 g/mol. The minimum atomic E-state index is -0.447. The third-order valence-corrected chi connectivity index (χ3v) is 3.57. The van der Waals surface area contributed by atoms with Crippen LogP contribution in [-0.2, 0) is 15.0 Å². The number of halogens is 1. The van der Waals surface area contributed by atoms with Crippen molar-refractivity contribution in [2.75, 3.05) is 12.4 Å². The molecule has 1 aromatic carbocycles. The van der Waals surface area contributed by atoms with Gasteiger partial charge in [-0.3, -0.25) is 4.79 Å². The fraction of sp³-hybridized carbons (Fsp3) is 0.500. The fourth-order valence-electron chi connectivity index (χ4n) is 2.09. The van der Waals surface area contributed by atoms with Crippen LogP contribution in [0.5, 0.6) is 0 Å². The van der Waals surface area contributed by atoms with E-state index in [1.54, 1.807) is 7.05 Å². The monoisotopic (exact) mass is 310 g/mol. The molecule has 0 aromatic heterocycles. The summed E-state index contributed by atoms with van der Waals surface area (Å²) in [5.41, 5.74) is 1.79. The molecule has 0 bridgehead atoms. The van der Waals surface area contributed by atoms with E-state index in [2.05, 4.69) is 31.4 Å². The van der Waals surface area contributed by atoms with E-state index in [4.69, 9.17) is 11.6 Å². The molecule has 21 heavy (non-hydrogen) atoms. The molecule has 5 heteroatoms. The van der Waals surface area contributed by atoms with E-state index < -0.39 is 6.04 Å². The first kappa shape index (κ1) is 17.5. The first-order valence-corrected chi connectivity index (χ1v) is 7.39. The Morgan fingerprint density at radius 1 is 1.38 bits per heavy atom. The number of carbonyl (C=O) groups is 2. The average molecular weight is 311 g/mol. The number of hydrogen-bond donors (Lipinski definition) is 2. The Morgan fingerprint density at radius 2 is 2.05 bits per heavy atom. The molecule has 2 N–H and O–H groups in total. The maximum Gasteiger partial charge on any atom is 0.242 e. The molecule has 0 saturated carbocycles. The number of anilines is 1. The molecule has 0 aliphatic rings. The van der Waals surface area contributed by atoms with Gasteiger partial charge in [-0.1, -0.05) is 38.4 Å². The van der Waals surface area contributed by atoms with Crippen LogP contribution >= 0.6 is 11.6 Å². The minimum absolute atomic E-state index is 0.0344. The maximum absolute atomic E-state index is 11.8. The van der Waals surface area contributed by atoms with Crippen molar-refractivity contribution in [3.05, 3.63) is 28.8 Å². The van der Waals surface area contributed by atoms with Gasteiger partial charge in [0.1, 0.15) is 12.3 Å². The highest BCUT2D eigenvalue weighted by Crippen LogP contribution is 2.31. The second kappa shape index (κ2) is 7.46. The van der Waals surface area contributed by atoms with Crippen molar-refractivity contribution in [3.63, 3.8) is 0 Å². The molecule has 116 valence electrons. The third kappa shape index (κ3) is 5.05. The summed E-state index contributed by atoms with van der Waals surface area (Å²) < 4.78 is 0. The quantitative estimate of drug-likeness (QED) is 0.794. The van der Waals surface area contributed by atoms with Crippen molar-refractivity contribution in [3.8, 4) is 0 Å². The van der Waals surface area contributed by atoms with Gasteiger partial charge in [0.05, 0.1) is 0 Å². The first-order chi connectivity index (χ1) is 9.79. The standard InChI is InChI=1S/C16H23ClN2O2/c1-16(2,3)12-8-7-11(10-13(12)17)19-14(6-5-9-20)15(21)18-4/h7-10,14,19H,5-6H2,1-4H3,(H,18,21). The predicted molar refractivity (Wildman–Crippen MR) is 86.9 cm³/mol. The Hall–Kier alpha value is -1.55. The van der Waals surface area contributed by atoms with Crippen LogP contribution in [0.2, 0.25) is 5.02 Å². The highest BCUT2D eigenvalue weighted by atomic mass is 35.5. The molecule has 1 amide bonds. The highest BCUT2D eigenvalue weighted by Gasteiger charge is 2.19. The zero-order valence-corrected chi connectivity index (χ0v) is 13.8. The zero-order valence-electron chi connectivity index (χ0n) is 13.0. The predicted octanol–water partition coefficient (Wildman–Crippen LogP) is 3.14. The lowest BCUT2D eigenvalue weighted by atomic mass is 9.87. The molecule has 0 aliphatic heterocycles. The van der Waals surface area contributed by atoms with Gasteiger partial charge in [0.2, 0.25) is 5.91 Å². The number of rotatable bonds is 6. The molecule has 0 aliphatic carbocycles. The van der Waals surface area contributed by atoms with Crippen LogP contribution in [0.1, 0.15) is 39.2 Å². The SMILES string of the molecule is CNC(=O)C(CCC=O)Nc1ccc(C(C)(C)C)c(Cl)c1. The summed E-state index contributed by atoms with van der Waals surface area (Å²) in [6, 6.07) is 5.24. The van der Waals surface area contributed by atoms with Gasteiger partial charge in [-0.25, -0.2) is 0 Å². The van der Waals surface area contributed by atoms with Crippen LogP contribution < -0.4 is 10.6 Å². The molecule has 0 saturated heterocycles. The number of nitrogens with one attached hydrogen (secondary N) is 2. The van der Waals surface area contributed by atoms with Gasteiger partial charge in [-0.15, -0.1) is 0 Å². The van der Waals surface area contributed by atoms with Gasteiger partial charge in [0.15, 0.2) is 0 Å². The highest BCUT2D eigenvalue weighted by molar-refractivity contribution is 6.31. The lowest BCUT2D eigenvalue weighted by Gasteiger charge is -2.22. The summed E-state index contributed by atoms with van der Waals surface area (Å²) in [6.45, 7) is 6.29. The fourth-order valence-corrected chi connectivity index (χ4v) is 2.56. The molecule has 0 heterocycles. The number of likely N-dealkylation sites (N-methyl/N-ethyl adjacent to an activating group) is 1. The normalized spacial score (nSPS) is 12.6. The van der Waals surface area contributed by atoms with Crippen molar-refractivity contribution in [1.29, 1.82) is 0 Å². The van der Waals surface area contributed by atoms with E-state index in [1.807, 2.05) is 18.2 Å². The molecule has 1 unspecified atom stereocenters. The van der Waals surface area contributed by atoms with Gasteiger partial charge < -0.3 is 15.4 Å². The van der Waals surface area contributed by atoms with Crippen molar-refractivity contribution in [2.45, 2.75) is 45.1 Å². The van der Waals surface area contributed by atoms with Gasteiger partial charge in [-0.2, -0.15) is 0 Å². The van der Waals surface area contributed by atoms with Crippen LogP contribution in [0.4, 0.5) is 5.69 Å². The Balaban J connectivity index is 2.92. The largest absolute Gasteiger partial charge is 0.374 e. The first-order valence-electron chi connectivity index (χ1n) is 7.01. The summed E-state index contributed by atoms with van der Waals surface area (Å²) in [5.74, 6) is -0.145. The van der Waals surface area contributed by atoms with Crippen molar-refractivity contribution >= 4 is 29.5 Å². The van der Waals surface area contributed by atoms with Crippen LogP contribution in [0, 0.1) is 0 Å². The van der Waals surface area contributed by atoms with Gasteiger partial charge in [0, 0.05) is 24.2 Å². The number of hydrogen-bond acceptors (Lipinski definition) is 3. The topological polar surface area (TPSA) is 58.2 Å². The molecule has 0 fully saturated rings. The second-order valence-corrected chi connectivity index (χ2v) is 6.41. The molecule has 0 radical (unpaired) electrons. The third-order valence-electron chi connectivity index (χ3n) is 3.25. The average Bonchev–Trinajstić information content (AvgIpc) is 2.41. The molecule has 4 nitrogen and oxygen atoms in total. The number of carbonyl (C=O) groups excluding carboxylic acids is 2. The number of aldehydes is 1. The zero-order chi connectivity index (χ0) is 16.0. The summed E-state index contributed by atoms with van der Waals surface area (Å²) in [5, 5.41) is 6.39. The number of benzene rings is 1. The van der Waals surface area contributed by atoms with Gasteiger partial charge in [-0.05, 0) is 29.5 Å². The molecule has 1 rings (SSSR count). The summed E-state index contributed by atoms with van der Waals surface area (Å²) in [4.78, 5) is 22.3. The lowest BCUT2D eigenvalue weighted by Crippen LogP contribution is -2.37. The van der Waals surface area contributed by atoms with Crippen LogP contribution in [-0.4, -0.2) is 25.3 Å². The van der Waals surface area contributed by atoms with E-state index in [1.165, 1.54) is 0 Å². The van der Waals surface area contributed by atoms with Crippen LogP contribution in [0.25, 0.3) is 0 Å². The number of amides is 1. The van der Waals surface area contributed by atoms with Crippen LogP contribution in [0.3, 0.4) is 0 Å². The van der Waals surface area contributed by atoms with Gasteiger partial charge >= 0.3 is 0 Å². The van der Waals surface area contributed by atoms with E-state index >= 15 is 0 Å². The Morgan fingerprint density at radius 3 is 2.52 bits per heavy atom. The Bertz CT molecular complexity index is 509. The molecule has 0 spiro atoms. The maximum atomic E-state index is 11.8. The summed E-state index contributed by atoms with van der Waals surface area (Å²) in [7, 11) is 1.58. The van der Waals surface area contributed by atoms with E-state index in [0.29, 0.717) is 17.9 Å². The van der Waals surface area contributed by atoms with E-state index in [-0.39, 0.29) is 11.3 Å². The Labute approximate surface area is 131 Å². The minimum Gasteiger partial charge on any atom is -0.374 e. The van der Waals surface area contributed by atoms with E-state index in [0.717, 1.165) is 17.5 Å². The molecular formula is C16H23ClN2O2. The lowest BCUT2D eigenvalue weighted by molar-refractivity contribution is -0.121.